The molecule has 1 aliphatic heterocycles. The topological polar surface area (TPSA) is 47.3 Å². The highest BCUT2D eigenvalue weighted by Crippen LogP contribution is 2.33. The van der Waals surface area contributed by atoms with Crippen molar-refractivity contribution in [3.05, 3.63) is 42.1 Å². The Kier molecular flexibility index (Phi) is 4.03. The molecule has 0 atom stereocenters. The Bertz CT molecular complexity index is 662. The summed E-state index contributed by atoms with van der Waals surface area (Å²) in [6.07, 6.45) is 0. The molecule has 0 aliphatic carbocycles. The normalized spacial score (nSPS) is 13.2. The number of benzene rings is 1. The minimum absolute atomic E-state index is 0.0107. The minimum atomic E-state index is 0.0107. The standard InChI is InChI=1S/C16H18N2O2S/c1-11(2)10-20-13-5-3-12(4-6-13)15-14(9-19)18-7-8-21-16(18)17-15/h3-6,19H,1,7-10H2,2H3. The maximum absolute atomic E-state index is 9.63. The molecule has 0 unspecified atom stereocenters. The van der Waals surface area contributed by atoms with Crippen LogP contribution in [0.1, 0.15) is 12.6 Å². The van der Waals surface area contributed by atoms with Gasteiger partial charge in [-0.3, -0.25) is 0 Å². The molecule has 1 N–H and O–H groups in total. The van der Waals surface area contributed by atoms with Crippen LogP contribution in [-0.4, -0.2) is 27.0 Å². The molecular weight excluding hydrogens is 284 g/mol. The number of nitrogens with zero attached hydrogens (tertiary/aromatic N) is 2. The van der Waals surface area contributed by atoms with Crippen LogP contribution in [0.5, 0.6) is 5.75 Å². The highest BCUT2D eigenvalue weighted by atomic mass is 32.2. The van der Waals surface area contributed by atoms with E-state index < -0.39 is 0 Å². The van der Waals surface area contributed by atoms with Crippen LogP contribution < -0.4 is 4.74 Å². The number of hydrogen-bond acceptors (Lipinski definition) is 4. The summed E-state index contributed by atoms with van der Waals surface area (Å²) < 4.78 is 7.70. The molecule has 0 spiro atoms. The van der Waals surface area contributed by atoms with Gasteiger partial charge in [0.15, 0.2) is 5.16 Å². The summed E-state index contributed by atoms with van der Waals surface area (Å²) in [5, 5.41) is 10.6. The SMILES string of the molecule is C=C(C)COc1ccc(-c2nc3n(c2CO)CCS3)cc1. The second-order valence-corrected chi connectivity index (χ2v) is 6.18. The lowest BCUT2D eigenvalue weighted by Crippen LogP contribution is -2.01. The average molecular weight is 302 g/mol. The fourth-order valence-electron chi connectivity index (χ4n) is 2.34. The van der Waals surface area contributed by atoms with Crippen molar-refractivity contribution in [1.29, 1.82) is 0 Å². The number of thioether (sulfide) groups is 1. The van der Waals surface area contributed by atoms with Gasteiger partial charge in [-0.2, -0.15) is 0 Å². The summed E-state index contributed by atoms with van der Waals surface area (Å²) >= 11 is 1.73. The van der Waals surface area contributed by atoms with Crippen LogP contribution >= 0.6 is 11.8 Å². The Labute approximate surface area is 128 Å². The lowest BCUT2D eigenvalue weighted by atomic mass is 10.1. The zero-order valence-electron chi connectivity index (χ0n) is 12.0. The van der Waals surface area contributed by atoms with Gasteiger partial charge < -0.3 is 14.4 Å². The summed E-state index contributed by atoms with van der Waals surface area (Å²) in [7, 11) is 0. The average Bonchev–Trinajstić information content (AvgIpc) is 3.05. The highest BCUT2D eigenvalue weighted by Gasteiger charge is 2.21. The van der Waals surface area contributed by atoms with Crippen LogP contribution in [0.3, 0.4) is 0 Å². The zero-order chi connectivity index (χ0) is 14.8. The molecule has 2 heterocycles. The van der Waals surface area contributed by atoms with E-state index in [0.29, 0.717) is 6.61 Å². The van der Waals surface area contributed by atoms with Crippen LogP contribution in [0.25, 0.3) is 11.3 Å². The Morgan fingerprint density at radius 1 is 1.43 bits per heavy atom. The largest absolute Gasteiger partial charge is 0.489 e. The van der Waals surface area contributed by atoms with Gasteiger partial charge in [-0.15, -0.1) is 0 Å². The number of aliphatic hydroxyl groups excluding tert-OH is 1. The van der Waals surface area contributed by atoms with Gasteiger partial charge in [-0.1, -0.05) is 18.3 Å². The number of aromatic nitrogens is 2. The predicted molar refractivity (Wildman–Crippen MR) is 84.6 cm³/mol. The highest BCUT2D eigenvalue weighted by molar-refractivity contribution is 7.99. The van der Waals surface area contributed by atoms with Gasteiger partial charge in [0.1, 0.15) is 12.4 Å². The van der Waals surface area contributed by atoms with E-state index in [4.69, 9.17) is 4.74 Å². The second kappa shape index (κ2) is 5.95. The molecule has 0 bridgehead atoms. The van der Waals surface area contributed by atoms with Crippen molar-refractivity contribution in [2.24, 2.45) is 0 Å². The quantitative estimate of drug-likeness (QED) is 0.862. The van der Waals surface area contributed by atoms with E-state index in [-0.39, 0.29) is 6.61 Å². The molecule has 4 nitrogen and oxygen atoms in total. The van der Waals surface area contributed by atoms with Crippen molar-refractivity contribution in [1.82, 2.24) is 9.55 Å². The fraction of sp³-hybridized carbons (Fsp3) is 0.312. The number of fused-ring (bicyclic) bond motifs is 1. The van der Waals surface area contributed by atoms with E-state index >= 15 is 0 Å². The third kappa shape index (κ3) is 2.84. The molecule has 21 heavy (non-hydrogen) atoms. The summed E-state index contributed by atoms with van der Waals surface area (Å²) in [6, 6.07) is 7.82. The number of hydrogen-bond donors (Lipinski definition) is 1. The number of imidazole rings is 1. The first-order valence-electron chi connectivity index (χ1n) is 6.89. The first-order valence-corrected chi connectivity index (χ1v) is 7.88. The third-order valence-corrected chi connectivity index (χ3v) is 4.30. The molecule has 3 rings (SSSR count). The molecule has 1 aliphatic rings. The molecule has 0 saturated heterocycles. The minimum Gasteiger partial charge on any atom is -0.489 e. The maximum atomic E-state index is 9.63. The van der Waals surface area contributed by atoms with Gasteiger partial charge in [-0.05, 0) is 36.8 Å². The molecule has 0 fully saturated rings. The van der Waals surface area contributed by atoms with Gasteiger partial charge in [-0.25, -0.2) is 4.98 Å². The monoisotopic (exact) mass is 302 g/mol. The smallest absolute Gasteiger partial charge is 0.168 e. The molecule has 2 aromatic rings. The van der Waals surface area contributed by atoms with Gasteiger partial charge >= 0.3 is 0 Å². The molecular formula is C16H18N2O2S. The van der Waals surface area contributed by atoms with Crippen molar-refractivity contribution in [3.63, 3.8) is 0 Å². The van der Waals surface area contributed by atoms with Crippen LogP contribution in [0.15, 0.2) is 41.6 Å². The lowest BCUT2D eigenvalue weighted by Gasteiger charge is -2.07. The first kappa shape index (κ1) is 14.2. The fourth-order valence-corrected chi connectivity index (χ4v) is 3.31. The zero-order valence-corrected chi connectivity index (χ0v) is 12.8. The molecule has 0 amide bonds. The number of aliphatic hydroxyl groups is 1. The summed E-state index contributed by atoms with van der Waals surface area (Å²) in [5.74, 6) is 1.84. The van der Waals surface area contributed by atoms with E-state index in [1.165, 1.54) is 0 Å². The molecule has 1 aromatic heterocycles. The van der Waals surface area contributed by atoms with Gasteiger partial charge in [0.2, 0.25) is 0 Å². The van der Waals surface area contributed by atoms with Crippen LogP contribution in [0.4, 0.5) is 0 Å². The Morgan fingerprint density at radius 2 is 2.19 bits per heavy atom. The van der Waals surface area contributed by atoms with Crippen LogP contribution in [0, 0.1) is 0 Å². The maximum Gasteiger partial charge on any atom is 0.168 e. The number of ether oxygens (including phenoxy) is 1. The van der Waals surface area contributed by atoms with Crippen molar-refractivity contribution in [2.45, 2.75) is 25.2 Å². The van der Waals surface area contributed by atoms with Crippen molar-refractivity contribution in [2.75, 3.05) is 12.4 Å². The van der Waals surface area contributed by atoms with Gasteiger partial charge in [0.05, 0.1) is 18.0 Å². The Balaban J connectivity index is 1.86. The van der Waals surface area contributed by atoms with Gasteiger partial charge in [0.25, 0.3) is 0 Å². The summed E-state index contributed by atoms with van der Waals surface area (Å²) in [4.78, 5) is 4.65. The van der Waals surface area contributed by atoms with E-state index in [1.807, 2.05) is 31.2 Å². The predicted octanol–water partition coefficient (Wildman–Crippen LogP) is 3.10. The Hall–Kier alpha value is -1.72. The lowest BCUT2D eigenvalue weighted by molar-refractivity contribution is 0.271. The van der Waals surface area contributed by atoms with E-state index in [0.717, 1.165) is 45.7 Å². The number of rotatable bonds is 5. The van der Waals surface area contributed by atoms with E-state index in [1.54, 1.807) is 11.8 Å². The van der Waals surface area contributed by atoms with E-state index in [2.05, 4.69) is 16.1 Å². The van der Waals surface area contributed by atoms with Crippen molar-refractivity contribution < 1.29 is 9.84 Å². The van der Waals surface area contributed by atoms with Crippen LogP contribution in [-0.2, 0) is 13.2 Å². The third-order valence-electron chi connectivity index (χ3n) is 3.35. The van der Waals surface area contributed by atoms with Crippen molar-refractivity contribution in [3.8, 4) is 17.0 Å². The van der Waals surface area contributed by atoms with Crippen LogP contribution in [0.2, 0.25) is 0 Å². The molecule has 110 valence electrons. The molecule has 5 heteroatoms. The Morgan fingerprint density at radius 3 is 2.86 bits per heavy atom. The summed E-state index contributed by atoms with van der Waals surface area (Å²) in [5.41, 5.74) is 3.75. The summed E-state index contributed by atoms with van der Waals surface area (Å²) in [6.45, 7) is 7.21. The molecule has 1 aromatic carbocycles. The van der Waals surface area contributed by atoms with E-state index in [9.17, 15) is 5.11 Å². The van der Waals surface area contributed by atoms with Crippen molar-refractivity contribution >= 4 is 11.8 Å². The molecule has 0 saturated carbocycles. The first-order chi connectivity index (χ1) is 10.2. The van der Waals surface area contributed by atoms with Gasteiger partial charge in [0, 0.05) is 17.9 Å². The second-order valence-electron chi connectivity index (χ2n) is 5.12. The molecule has 0 radical (unpaired) electrons.